The van der Waals surface area contributed by atoms with Crippen molar-refractivity contribution in [3.05, 3.63) is 59.2 Å². The van der Waals surface area contributed by atoms with Gasteiger partial charge in [0.1, 0.15) is 0 Å². The molecule has 2 heteroatoms. The van der Waals surface area contributed by atoms with Crippen LogP contribution in [0.2, 0.25) is 0 Å². The lowest BCUT2D eigenvalue weighted by Crippen LogP contribution is -2.45. The van der Waals surface area contributed by atoms with Gasteiger partial charge < -0.3 is 10.0 Å². The third-order valence-electron chi connectivity index (χ3n) is 5.97. The lowest BCUT2D eigenvalue weighted by molar-refractivity contribution is -0.0303. The lowest BCUT2D eigenvalue weighted by atomic mass is 9.80. The zero-order valence-electron chi connectivity index (χ0n) is 15.4. The van der Waals surface area contributed by atoms with E-state index in [1.807, 2.05) is 0 Å². The molecule has 0 bridgehead atoms. The van der Waals surface area contributed by atoms with Crippen LogP contribution in [0.25, 0.3) is 0 Å². The predicted octanol–water partition coefficient (Wildman–Crippen LogP) is 4.36. The lowest BCUT2D eigenvalue weighted by Gasteiger charge is -2.41. The Morgan fingerprint density at radius 1 is 1.25 bits per heavy atom. The number of aliphatic hydroxyl groups is 1. The molecule has 0 radical (unpaired) electrons. The fourth-order valence-corrected chi connectivity index (χ4v) is 4.21. The van der Waals surface area contributed by atoms with Crippen LogP contribution in [-0.4, -0.2) is 29.6 Å². The van der Waals surface area contributed by atoms with E-state index in [2.05, 4.69) is 62.6 Å². The molecule has 3 rings (SSSR count). The van der Waals surface area contributed by atoms with Crippen molar-refractivity contribution in [2.75, 3.05) is 19.6 Å². The van der Waals surface area contributed by atoms with E-state index in [9.17, 15) is 5.11 Å². The molecule has 0 spiro atoms. The first kappa shape index (κ1) is 17.4. The normalized spacial score (nSPS) is 27.4. The summed E-state index contributed by atoms with van der Waals surface area (Å²) in [7, 11) is 0. The van der Waals surface area contributed by atoms with E-state index in [4.69, 9.17) is 0 Å². The average molecular weight is 325 g/mol. The minimum absolute atomic E-state index is 0.621. The summed E-state index contributed by atoms with van der Waals surface area (Å²) in [5, 5.41) is 11.2. The van der Waals surface area contributed by atoms with E-state index < -0.39 is 5.60 Å². The quantitative estimate of drug-likeness (QED) is 0.893. The van der Waals surface area contributed by atoms with E-state index in [1.165, 1.54) is 16.7 Å². The number of aryl methyl sites for hydroxylation is 2. The third-order valence-corrected chi connectivity index (χ3v) is 5.97. The number of hydrogen-bond donors (Lipinski definition) is 1. The Bertz CT molecular complexity index is 637. The minimum atomic E-state index is -0.658. The van der Waals surface area contributed by atoms with Gasteiger partial charge in [0, 0.05) is 19.6 Å². The van der Waals surface area contributed by atoms with Crippen LogP contribution in [-0.2, 0) is 5.60 Å². The maximum atomic E-state index is 11.2. The number of hydrogen-bond acceptors (Lipinski definition) is 2. The summed E-state index contributed by atoms with van der Waals surface area (Å²) in [4.78, 5) is 2.53. The highest BCUT2D eigenvalue weighted by molar-refractivity contribution is 5.35. The van der Waals surface area contributed by atoms with Crippen molar-refractivity contribution in [3.8, 4) is 0 Å². The number of allylic oxidation sites excluding steroid dienone is 3. The van der Waals surface area contributed by atoms with Crippen LogP contribution in [0.3, 0.4) is 0 Å². The molecule has 0 aromatic heterocycles. The van der Waals surface area contributed by atoms with Gasteiger partial charge in [-0.25, -0.2) is 0 Å². The second-order valence-corrected chi connectivity index (χ2v) is 7.99. The molecule has 24 heavy (non-hydrogen) atoms. The molecule has 130 valence electrons. The molecular weight excluding hydrogens is 294 g/mol. The summed E-state index contributed by atoms with van der Waals surface area (Å²) in [6.45, 7) is 13.7. The Morgan fingerprint density at radius 3 is 2.67 bits per heavy atom. The smallest absolute Gasteiger partial charge is 0.0923 e. The van der Waals surface area contributed by atoms with E-state index in [1.54, 1.807) is 0 Å². The first-order valence-corrected chi connectivity index (χ1v) is 9.26. The molecule has 2 aliphatic rings. The Balaban J connectivity index is 1.64. The maximum absolute atomic E-state index is 11.2. The van der Waals surface area contributed by atoms with Crippen molar-refractivity contribution in [2.45, 2.75) is 45.6 Å². The van der Waals surface area contributed by atoms with Crippen molar-refractivity contribution in [1.29, 1.82) is 0 Å². The number of likely N-dealkylation sites (tertiary alicyclic amines) is 1. The highest BCUT2D eigenvalue weighted by atomic mass is 16.3. The van der Waals surface area contributed by atoms with E-state index in [0.29, 0.717) is 11.8 Å². The first-order valence-electron chi connectivity index (χ1n) is 9.26. The molecule has 0 saturated carbocycles. The van der Waals surface area contributed by atoms with E-state index >= 15 is 0 Å². The summed E-state index contributed by atoms with van der Waals surface area (Å²) < 4.78 is 0. The molecule has 2 atom stereocenters. The Morgan fingerprint density at radius 2 is 1.96 bits per heavy atom. The molecule has 1 aliphatic heterocycles. The van der Waals surface area contributed by atoms with E-state index in [-0.39, 0.29) is 0 Å². The zero-order valence-corrected chi connectivity index (χ0v) is 15.4. The molecule has 1 saturated heterocycles. The fraction of sp³-hybridized carbons (Fsp3) is 0.545. The highest BCUT2D eigenvalue weighted by Crippen LogP contribution is 2.36. The summed E-state index contributed by atoms with van der Waals surface area (Å²) in [5.41, 5.74) is 4.16. The van der Waals surface area contributed by atoms with Crippen LogP contribution in [0.5, 0.6) is 0 Å². The van der Waals surface area contributed by atoms with Gasteiger partial charge in [0.25, 0.3) is 0 Å². The predicted molar refractivity (Wildman–Crippen MR) is 101 cm³/mol. The van der Waals surface area contributed by atoms with Gasteiger partial charge in [-0.3, -0.25) is 0 Å². The number of nitrogens with zero attached hydrogens (tertiary/aromatic N) is 1. The summed E-state index contributed by atoms with van der Waals surface area (Å²) >= 11 is 0. The zero-order chi connectivity index (χ0) is 17.3. The summed E-state index contributed by atoms with van der Waals surface area (Å²) in [5.74, 6) is 1.28. The standard InChI is InChI=1S/C22H31NO/c1-16-5-7-18(3)20(13-16)15-23-11-9-22(24,10-12-23)21-14-17(2)6-8-19(21)4/h5-8,14,18,20,24H,1,9-13,15H2,2-4H3. The van der Waals surface area contributed by atoms with Gasteiger partial charge in [-0.05, 0) is 56.1 Å². The Labute approximate surface area is 146 Å². The second-order valence-electron chi connectivity index (χ2n) is 7.99. The summed E-state index contributed by atoms with van der Waals surface area (Å²) in [6.07, 6.45) is 7.24. The molecule has 1 aromatic carbocycles. The monoisotopic (exact) mass is 325 g/mol. The molecule has 1 fully saturated rings. The second kappa shape index (κ2) is 6.85. The third kappa shape index (κ3) is 3.65. The van der Waals surface area contributed by atoms with E-state index in [0.717, 1.165) is 44.5 Å². The van der Waals surface area contributed by atoms with Crippen molar-refractivity contribution in [2.24, 2.45) is 11.8 Å². The van der Waals surface area contributed by atoms with Crippen LogP contribution >= 0.6 is 0 Å². The molecule has 1 heterocycles. The van der Waals surface area contributed by atoms with Gasteiger partial charge in [0.05, 0.1) is 5.60 Å². The average Bonchev–Trinajstić information content (AvgIpc) is 2.55. The van der Waals surface area contributed by atoms with Gasteiger partial charge in [0.2, 0.25) is 0 Å². The molecule has 1 aliphatic carbocycles. The molecule has 1 aromatic rings. The van der Waals surface area contributed by atoms with Crippen LogP contribution < -0.4 is 0 Å². The Kier molecular flexibility index (Phi) is 4.98. The number of piperidine rings is 1. The molecular formula is C22H31NO. The number of rotatable bonds is 3. The molecule has 0 amide bonds. The Hall–Kier alpha value is -1.38. The van der Waals surface area contributed by atoms with Gasteiger partial charge in [-0.2, -0.15) is 0 Å². The van der Waals surface area contributed by atoms with Crippen LogP contribution in [0.15, 0.2) is 42.5 Å². The molecule has 2 unspecified atom stereocenters. The molecule has 1 N–H and O–H groups in total. The minimum Gasteiger partial charge on any atom is -0.385 e. The summed E-state index contributed by atoms with van der Waals surface area (Å²) in [6, 6.07) is 6.43. The maximum Gasteiger partial charge on any atom is 0.0923 e. The first-order chi connectivity index (χ1) is 11.4. The van der Waals surface area contributed by atoms with Crippen LogP contribution in [0.4, 0.5) is 0 Å². The van der Waals surface area contributed by atoms with Gasteiger partial charge in [-0.1, -0.05) is 55.0 Å². The van der Waals surface area contributed by atoms with Gasteiger partial charge >= 0.3 is 0 Å². The fourth-order valence-electron chi connectivity index (χ4n) is 4.21. The van der Waals surface area contributed by atoms with Crippen molar-refractivity contribution < 1.29 is 5.11 Å². The van der Waals surface area contributed by atoms with Gasteiger partial charge in [0.15, 0.2) is 0 Å². The van der Waals surface area contributed by atoms with Crippen molar-refractivity contribution in [1.82, 2.24) is 4.90 Å². The SMILES string of the molecule is C=C1C=CC(C)C(CN2CCC(O)(c3cc(C)ccc3C)CC2)C1. The van der Waals surface area contributed by atoms with Crippen LogP contribution in [0, 0.1) is 25.7 Å². The largest absolute Gasteiger partial charge is 0.385 e. The van der Waals surface area contributed by atoms with Crippen molar-refractivity contribution >= 4 is 0 Å². The highest BCUT2D eigenvalue weighted by Gasteiger charge is 2.36. The topological polar surface area (TPSA) is 23.5 Å². The number of benzene rings is 1. The van der Waals surface area contributed by atoms with Crippen molar-refractivity contribution in [3.63, 3.8) is 0 Å². The molecule has 2 nitrogen and oxygen atoms in total. The van der Waals surface area contributed by atoms with Gasteiger partial charge in [-0.15, -0.1) is 0 Å². The van der Waals surface area contributed by atoms with Crippen LogP contribution in [0.1, 0.15) is 42.9 Å².